The van der Waals surface area contributed by atoms with Crippen LogP contribution in [0.25, 0.3) is 22.5 Å². The highest BCUT2D eigenvalue weighted by atomic mass is 16.5. The third-order valence-electron chi connectivity index (χ3n) is 4.71. The zero-order valence-corrected chi connectivity index (χ0v) is 17.3. The number of hydrogen-bond donors (Lipinski definition) is 2. The van der Waals surface area contributed by atoms with E-state index in [1.165, 1.54) is 7.11 Å². The summed E-state index contributed by atoms with van der Waals surface area (Å²) < 4.78 is 10.7. The summed E-state index contributed by atoms with van der Waals surface area (Å²) in [5.74, 6) is 0.732. The van der Waals surface area contributed by atoms with Crippen LogP contribution in [0.1, 0.15) is 21.8 Å². The van der Waals surface area contributed by atoms with E-state index in [2.05, 4.69) is 20.4 Å². The molecule has 0 aliphatic heterocycles. The van der Waals surface area contributed by atoms with Crippen LogP contribution in [0.2, 0.25) is 0 Å². The summed E-state index contributed by atoms with van der Waals surface area (Å²) in [5.41, 5.74) is 10.1. The maximum absolute atomic E-state index is 13.1. The molecule has 0 bridgehead atoms. The molecule has 8 heteroatoms. The highest BCUT2D eigenvalue weighted by molar-refractivity contribution is 6.09. The fourth-order valence-corrected chi connectivity index (χ4v) is 3.31. The number of benzene rings is 1. The van der Waals surface area contributed by atoms with E-state index in [-0.39, 0.29) is 11.8 Å². The van der Waals surface area contributed by atoms with E-state index in [4.69, 9.17) is 15.0 Å². The number of anilines is 2. The number of nitrogens with zero attached hydrogens (tertiary/aromatic N) is 3. The van der Waals surface area contributed by atoms with Crippen molar-refractivity contribution in [2.75, 3.05) is 18.2 Å². The lowest BCUT2D eigenvalue weighted by Crippen LogP contribution is -2.14. The number of rotatable bonds is 5. The smallest absolute Gasteiger partial charge is 0.261 e. The number of nitrogens with two attached hydrogens (primary N) is 1. The monoisotopic (exact) mass is 415 g/mol. The van der Waals surface area contributed by atoms with Gasteiger partial charge in [-0.3, -0.25) is 4.79 Å². The summed E-state index contributed by atoms with van der Waals surface area (Å²) in [7, 11) is 1.49. The average molecular weight is 415 g/mol. The second-order valence-corrected chi connectivity index (χ2v) is 6.96. The number of amides is 1. The first-order valence-electron chi connectivity index (χ1n) is 9.59. The van der Waals surface area contributed by atoms with Crippen LogP contribution in [-0.2, 0) is 0 Å². The predicted molar refractivity (Wildman–Crippen MR) is 118 cm³/mol. The van der Waals surface area contributed by atoms with E-state index in [0.29, 0.717) is 34.2 Å². The van der Waals surface area contributed by atoms with Gasteiger partial charge >= 0.3 is 0 Å². The summed E-state index contributed by atoms with van der Waals surface area (Å²) in [6, 6.07) is 16.5. The van der Waals surface area contributed by atoms with Gasteiger partial charge in [0.05, 0.1) is 12.8 Å². The standard InChI is InChI=1S/C23H21N5O3/c1-13-11-16(12-19(24)25-13)17-9-10-18(23(27-17)30-3)26-22(29)20-14(2)31-28-21(20)15-7-5-4-6-8-15/h4-12H,1-3H3,(H2,24,25)(H,26,29). The lowest BCUT2D eigenvalue weighted by Gasteiger charge is -2.12. The molecular weight excluding hydrogens is 394 g/mol. The highest BCUT2D eigenvalue weighted by Gasteiger charge is 2.23. The number of methoxy groups -OCH3 is 1. The normalized spacial score (nSPS) is 10.7. The van der Waals surface area contributed by atoms with Crippen LogP contribution in [0.3, 0.4) is 0 Å². The predicted octanol–water partition coefficient (Wildman–Crippen LogP) is 4.26. The Kier molecular flexibility index (Phi) is 5.36. The molecule has 0 spiro atoms. The van der Waals surface area contributed by atoms with Crippen LogP contribution in [0, 0.1) is 13.8 Å². The van der Waals surface area contributed by atoms with Crippen LogP contribution in [0.5, 0.6) is 5.88 Å². The van der Waals surface area contributed by atoms with E-state index in [1.807, 2.05) is 43.3 Å². The number of carbonyl (C=O) groups excluding carboxylic acids is 1. The molecule has 1 aromatic carbocycles. The van der Waals surface area contributed by atoms with Crippen molar-refractivity contribution in [3.8, 4) is 28.4 Å². The first-order valence-corrected chi connectivity index (χ1v) is 9.59. The highest BCUT2D eigenvalue weighted by Crippen LogP contribution is 2.30. The molecule has 0 atom stereocenters. The maximum Gasteiger partial charge on any atom is 0.261 e. The summed E-state index contributed by atoms with van der Waals surface area (Å²) >= 11 is 0. The minimum atomic E-state index is -0.366. The van der Waals surface area contributed by atoms with Gasteiger partial charge in [0.2, 0.25) is 5.88 Å². The van der Waals surface area contributed by atoms with Crippen LogP contribution < -0.4 is 15.8 Å². The van der Waals surface area contributed by atoms with Crippen molar-refractivity contribution >= 4 is 17.4 Å². The molecule has 0 radical (unpaired) electrons. The van der Waals surface area contributed by atoms with Gasteiger partial charge in [-0.05, 0) is 38.1 Å². The molecule has 3 heterocycles. The van der Waals surface area contributed by atoms with Gasteiger partial charge in [0.1, 0.15) is 28.5 Å². The number of nitrogens with one attached hydrogen (secondary N) is 1. The van der Waals surface area contributed by atoms with Crippen molar-refractivity contribution in [2.45, 2.75) is 13.8 Å². The largest absolute Gasteiger partial charge is 0.479 e. The molecule has 3 aromatic heterocycles. The molecule has 0 saturated carbocycles. The third-order valence-corrected chi connectivity index (χ3v) is 4.71. The Hall–Kier alpha value is -4.20. The van der Waals surface area contributed by atoms with E-state index < -0.39 is 0 Å². The fraction of sp³-hybridized carbons (Fsp3) is 0.130. The van der Waals surface area contributed by atoms with Gasteiger partial charge in [0.15, 0.2) is 0 Å². The minimum Gasteiger partial charge on any atom is -0.479 e. The zero-order chi connectivity index (χ0) is 22.0. The van der Waals surface area contributed by atoms with Crippen molar-refractivity contribution in [1.29, 1.82) is 0 Å². The summed E-state index contributed by atoms with van der Waals surface area (Å²) in [4.78, 5) is 21.8. The Morgan fingerprint density at radius 2 is 1.81 bits per heavy atom. The van der Waals surface area contributed by atoms with Gasteiger partial charge in [-0.25, -0.2) is 9.97 Å². The van der Waals surface area contributed by atoms with Gasteiger partial charge in [-0.15, -0.1) is 0 Å². The quantitative estimate of drug-likeness (QED) is 0.500. The Morgan fingerprint density at radius 1 is 1.03 bits per heavy atom. The van der Waals surface area contributed by atoms with Crippen LogP contribution in [-0.4, -0.2) is 28.1 Å². The van der Waals surface area contributed by atoms with E-state index in [1.54, 1.807) is 25.1 Å². The topological polar surface area (TPSA) is 116 Å². The van der Waals surface area contributed by atoms with E-state index in [0.717, 1.165) is 16.8 Å². The second-order valence-electron chi connectivity index (χ2n) is 6.96. The number of aromatic nitrogens is 3. The Bertz CT molecular complexity index is 1230. The summed E-state index contributed by atoms with van der Waals surface area (Å²) in [6.45, 7) is 3.56. The lowest BCUT2D eigenvalue weighted by atomic mass is 10.1. The Labute approximate surface area is 179 Å². The van der Waals surface area contributed by atoms with E-state index in [9.17, 15) is 4.79 Å². The molecule has 1 amide bonds. The van der Waals surface area contributed by atoms with Gasteiger partial charge in [-0.1, -0.05) is 35.5 Å². The van der Waals surface area contributed by atoms with Crippen molar-refractivity contribution in [3.05, 3.63) is 71.6 Å². The molecule has 4 aromatic rings. The van der Waals surface area contributed by atoms with Gasteiger partial charge in [-0.2, -0.15) is 0 Å². The molecule has 0 aliphatic carbocycles. The van der Waals surface area contributed by atoms with Crippen molar-refractivity contribution in [1.82, 2.24) is 15.1 Å². The molecule has 0 aliphatic rings. The van der Waals surface area contributed by atoms with Gasteiger partial charge in [0.25, 0.3) is 5.91 Å². The molecule has 0 fully saturated rings. The fourth-order valence-electron chi connectivity index (χ4n) is 3.31. The number of hydrogen-bond acceptors (Lipinski definition) is 7. The molecule has 31 heavy (non-hydrogen) atoms. The van der Waals surface area contributed by atoms with Crippen molar-refractivity contribution in [3.63, 3.8) is 0 Å². The van der Waals surface area contributed by atoms with Crippen LogP contribution in [0.15, 0.2) is 59.1 Å². The Balaban J connectivity index is 1.66. The number of carbonyl (C=O) groups is 1. The third kappa shape index (κ3) is 4.09. The molecule has 156 valence electrons. The van der Waals surface area contributed by atoms with Crippen LogP contribution in [0.4, 0.5) is 11.5 Å². The Morgan fingerprint density at radius 3 is 2.52 bits per heavy atom. The molecule has 8 nitrogen and oxygen atoms in total. The molecule has 3 N–H and O–H groups in total. The zero-order valence-electron chi connectivity index (χ0n) is 17.3. The SMILES string of the molecule is COc1nc(-c2cc(C)nc(N)c2)ccc1NC(=O)c1c(-c2ccccc2)noc1C. The van der Waals surface area contributed by atoms with Gasteiger partial charge in [0, 0.05) is 16.8 Å². The minimum absolute atomic E-state index is 0.272. The number of aryl methyl sites for hydroxylation is 2. The number of pyridine rings is 2. The maximum atomic E-state index is 13.1. The van der Waals surface area contributed by atoms with Crippen LogP contribution >= 0.6 is 0 Å². The average Bonchev–Trinajstić information content (AvgIpc) is 3.15. The molecule has 4 rings (SSSR count). The first-order chi connectivity index (χ1) is 15.0. The first kappa shape index (κ1) is 20.1. The number of ether oxygens (including phenoxy) is 1. The van der Waals surface area contributed by atoms with E-state index >= 15 is 0 Å². The van der Waals surface area contributed by atoms with Gasteiger partial charge < -0.3 is 20.3 Å². The second kappa shape index (κ2) is 8.27. The lowest BCUT2D eigenvalue weighted by molar-refractivity contribution is 0.102. The van der Waals surface area contributed by atoms with Crippen molar-refractivity contribution < 1.29 is 14.1 Å². The summed E-state index contributed by atoms with van der Waals surface area (Å²) in [6.07, 6.45) is 0. The summed E-state index contributed by atoms with van der Waals surface area (Å²) in [5, 5.41) is 6.91. The molecule has 0 unspecified atom stereocenters. The number of nitrogen functional groups attached to an aromatic ring is 1. The van der Waals surface area contributed by atoms with Crippen molar-refractivity contribution in [2.24, 2.45) is 0 Å². The molecular formula is C23H21N5O3. The molecule has 0 saturated heterocycles.